The topological polar surface area (TPSA) is 246 Å². The van der Waals surface area contributed by atoms with E-state index in [1.54, 1.807) is 0 Å². The summed E-state index contributed by atoms with van der Waals surface area (Å²) in [5.41, 5.74) is -0.334. The van der Waals surface area contributed by atoms with Crippen molar-refractivity contribution >= 4 is 33.4 Å². The first kappa shape index (κ1) is 61.6. The van der Waals surface area contributed by atoms with Crippen molar-refractivity contribution in [1.82, 2.24) is 9.55 Å². The molecule has 1 aliphatic heterocycles. The van der Waals surface area contributed by atoms with Gasteiger partial charge >= 0.3 is 72.9 Å². The summed E-state index contributed by atoms with van der Waals surface area (Å²) in [5, 5.41) is 40.4. The maximum Gasteiger partial charge on any atom is 1.00 e. The summed E-state index contributed by atoms with van der Waals surface area (Å²) in [6, 6.07) is 0.204. The second-order valence-electron chi connectivity index (χ2n) is 15.5. The number of thioether (sulfide) groups is 1. The Labute approximate surface area is 413 Å². The van der Waals surface area contributed by atoms with E-state index in [0.29, 0.717) is 6.42 Å². The second kappa shape index (κ2) is 36.7. The van der Waals surface area contributed by atoms with Crippen LogP contribution in [0.25, 0.3) is 0 Å². The molecule has 344 valence electrons. The molecule has 0 aromatic carbocycles. The number of rotatable bonds is 37. The van der Waals surface area contributed by atoms with E-state index in [2.05, 4.69) is 23.1 Å². The molecule has 1 fully saturated rings. The standard InChI is InChI=1S/C40H75N3O13P2S.2Na/c1-3-5-7-9-11-13-15-17-19-21-23-25-29-59-32-33(54-36(44)26-24-22-20-18-16-14-12-10-8-6-4-2)30-52-57(48,49)56-58(50,51)53-31-34-37(45)38(46)39(55-34)43-28-27-35(41)42-40(43)47;;/h27-28,33-34,37-39,45-46H,3-26,29-32H2,1-2H3,(H,48,49)(H,50,51)(H2,41,42,47);;/q;2*+1/p-2/t33?,34-,37-,38+,39-;;/m1../s1. The Balaban J connectivity index is 0.0000180. The van der Waals surface area contributed by atoms with Gasteiger partial charge in [0.1, 0.15) is 29.9 Å². The molecule has 61 heavy (non-hydrogen) atoms. The zero-order chi connectivity index (χ0) is 43.4. The van der Waals surface area contributed by atoms with Gasteiger partial charge in [0.25, 0.3) is 7.82 Å². The predicted octanol–water partition coefficient (Wildman–Crippen LogP) is 1.73. The van der Waals surface area contributed by atoms with Gasteiger partial charge in [0.15, 0.2) is 6.23 Å². The number of phosphoric acid groups is 2. The third-order valence-corrected chi connectivity index (χ3v) is 13.9. The predicted molar refractivity (Wildman–Crippen MR) is 223 cm³/mol. The Morgan fingerprint density at radius 1 is 0.836 bits per heavy atom. The first-order valence-corrected chi connectivity index (χ1v) is 26.1. The van der Waals surface area contributed by atoms with E-state index in [1.165, 1.54) is 114 Å². The SMILES string of the molecule is CCCCCCCCCCCCCCSCC(COP(=O)([O-])OP(=O)(O)OC[C@H]1O[C@@H](n2ccc(=N)nc2[O-])[C@@H](O)[C@@H]1O)OC(=O)CCCCCCCCCCCCC.[Na+].[Na+]. The van der Waals surface area contributed by atoms with Gasteiger partial charge in [-0.05, 0) is 24.7 Å². The van der Waals surface area contributed by atoms with Crippen LogP contribution in [0.4, 0.5) is 0 Å². The molecule has 7 atom stereocenters. The van der Waals surface area contributed by atoms with Crippen LogP contribution in [0, 0.1) is 5.41 Å². The van der Waals surface area contributed by atoms with Crippen LogP contribution < -0.4 is 74.6 Å². The number of aromatic nitrogens is 2. The fourth-order valence-corrected chi connectivity index (χ4v) is 9.85. The molecule has 4 N–H and O–H groups in total. The van der Waals surface area contributed by atoms with E-state index >= 15 is 0 Å². The molecule has 1 saturated heterocycles. The molecule has 0 radical (unpaired) electrons. The van der Waals surface area contributed by atoms with Crippen LogP contribution >= 0.6 is 27.4 Å². The van der Waals surface area contributed by atoms with E-state index in [-0.39, 0.29) is 76.8 Å². The maximum absolute atomic E-state index is 12.8. The van der Waals surface area contributed by atoms with Gasteiger partial charge in [-0.15, -0.1) is 0 Å². The van der Waals surface area contributed by atoms with E-state index < -0.39 is 71.5 Å². The van der Waals surface area contributed by atoms with Gasteiger partial charge < -0.3 is 43.7 Å². The summed E-state index contributed by atoms with van der Waals surface area (Å²) >= 11 is 1.51. The molecule has 3 unspecified atom stereocenters. The Hall–Kier alpha value is 0.640. The number of esters is 1. The van der Waals surface area contributed by atoms with Gasteiger partial charge in [0.05, 0.1) is 19.2 Å². The van der Waals surface area contributed by atoms with Crippen LogP contribution in [0.15, 0.2) is 12.3 Å². The maximum atomic E-state index is 12.8. The van der Waals surface area contributed by atoms with Gasteiger partial charge in [-0.1, -0.05) is 149 Å². The zero-order valence-electron chi connectivity index (χ0n) is 37.5. The van der Waals surface area contributed by atoms with E-state index in [0.717, 1.165) is 61.1 Å². The van der Waals surface area contributed by atoms with Crippen LogP contribution in [0.1, 0.15) is 174 Å². The number of phosphoric ester groups is 2. The molecule has 0 saturated carbocycles. The normalized spacial score (nSPS) is 20.0. The fraction of sp³-hybridized carbons (Fsp3) is 0.875. The van der Waals surface area contributed by atoms with E-state index in [4.69, 9.17) is 23.9 Å². The molecule has 1 aliphatic rings. The number of aliphatic hydroxyl groups is 2. The van der Waals surface area contributed by atoms with Gasteiger partial charge in [0, 0.05) is 18.4 Å². The monoisotopic (exact) mass is 943 g/mol. The van der Waals surface area contributed by atoms with Crippen molar-refractivity contribution in [3.05, 3.63) is 17.8 Å². The van der Waals surface area contributed by atoms with Gasteiger partial charge in [0.2, 0.25) is 0 Å². The third kappa shape index (κ3) is 29.1. The molecule has 0 bridgehead atoms. The van der Waals surface area contributed by atoms with Crippen LogP contribution in [0.5, 0.6) is 6.01 Å². The minimum atomic E-state index is -5.51. The van der Waals surface area contributed by atoms with Crippen molar-refractivity contribution in [2.45, 2.75) is 199 Å². The number of nitrogens with one attached hydrogen (secondary N) is 1. The summed E-state index contributed by atoms with van der Waals surface area (Å²) in [6.07, 6.45) is 21.1. The molecule has 0 spiro atoms. The minimum absolute atomic E-state index is 0. The number of hydrogen-bond acceptors (Lipinski definition) is 15. The van der Waals surface area contributed by atoms with Crippen molar-refractivity contribution in [2.24, 2.45) is 0 Å². The average molecular weight is 944 g/mol. The van der Waals surface area contributed by atoms with Crippen molar-refractivity contribution in [3.8, 4) is 6.01 Å². The Morgan fingerprint density at radius 2 is 1.33 bits per heavy atom. The number of nitrogens with zero attached hydrogens (tertiary/aromatic N) is 2. The second-order valence-corrected chi connectivity index (χ2v) is 19.7. The molecular weight excluding hydrogens is 870 g/mol. The summed E-state index contributed by atoms with van der Waals surface area (Å²) in [7, 11) is -10.9. The van der Waals surface area contributed by atoms with Crippen LogP contribution in [-0.4, -0.2) is 79.8 Å². The molecule has 16 nitrogen and oxygen atoms in total. The van der Waals surface area contributed by atoms with Crippen molar-refractivity contribution < 1.29 is 121 Å². The van der Waals surface area contributed by atoms with Crippen LogP contribution in [-0.2, 0) is 36.8 Å². The first-order chi connectivity index (χ1) is 28.3. The number of hydrogen-bond donors (Lipinski definition) is 4. The number of aliphatic hydroxyl groups excluding tert-OH is 2. The molecular formula is C40H73N3Na2O13P2S. The molecule has 0 aliphatic carbocycles. The van der Waals surface area contributed by atoms with Crippen LogP contribution in [0.2, 0.25) is 0 Å². The quantitative estimate of drug-likeness (QED) is 0.0321. The third-order valence-electron chi connectivity index (χ3n) is 10.2. The summed E-state index contributed by atoms with van der Waals surface area (Å²) in [6.45, 7) is 2.87. The summed E-state index contributed by atoms with van der Waals surface area (Å²) in [4.78, 5) is 39.1. The van der Waals surface area contributed by atoms with Gasteiger partial charge in [-0.2, -0.15) is 11.8 Å². The van der Waals surface area contributed by atoms with Gasteiger partial charge in [-0.25, -0.2) is 13.9 Å². The summed E-state index contributed by atoms with van der Waals surface area (Å²) < 4.78 is 51.2. The molecule has 1 aromatic heterocycles. The van der Waals surface area contributed by atoms with E-state index in [1.807, 2.05) is 0 Å². The molecule has 2 heterocycles. The van der Waals surface area contributed by atoms with Crippen molar-refractivity contribution in [1.29, 1.82) is 5.41 Å². The molecule has 1 aromatic rings. The van der Waals surface area contributed by atoms with Crippen molar-refractivity contribution in [3.63, 3.8) is 0 Å². The number of carbonyl (C=O) groups is 1. The Bertz CT molecular complexity index is 1440. The largest absolute Gasteiger partial charge is 1.00 e. The zero-order valence-corrected chi connectivity index (χ0v) is 44.1. The molecule has 0 amide bonds. The molecule has 21 heteroatoms. The smallest absolute Gasteiger partial charge is 0.846 e. The van der Waals surface area contributed by atoms with Gasteiger partial charge in [-0.3, -0.25) is 19.3 Å². The van der Waals surface area contributed by atoms with E-state index in [9.17, 15) is 39.0 Å². The van der Waals surface area contributed by atoms with Crippen LogP contribution in [0.3, 0.4) is 0 Å². The average Bonchev–Trinajstić information content (AvgIpc) is 3.46. The fourth-order valence-electron chi connectivity index (χ4n) is 6.77. The van der Waals surface area contributed by atoms with Crippen molar-refractivity contribution in [2.75, 3.05) is 24.7 Å². The first-order valence-electron chi connectivity index (χ1n) is 22.0. The Kier molecular flexibility index (Phi) is 37.1. The molecule has 2 rings (SSSR count). The Morgan fingerprint density at radius 3 is 1.84 bits per heavy atom. The number of unbranched alkanes of at least 4 members (excludes halogenated alkanes) is 21. The number of ether oxygens (including phenoxy) is 2. The summed E-state index contributed by atoms with van der Waals surface area (Å²) in [5.74, 6) is 0.544. The minimum Gasteiger partial charge on any atom is -0.846 e. The number of carbonyl (C=O) groups excluding carboxylic acids is 1.